The van der Waals surface area contributed by atoms with Crippen LogP contribution in [0.1, 0.15) is 15.9 Å². The van der Waals surface area contributed by atoms with Gasteiger partial charge in [0.05, 0.1) is 19.8 Å². The van der Waals surface area contributed by atoms with Crippen molar-refractivity contribution in [2.24, 2.45) is 0 Å². The van der Waals surface area contributed by atoms with Gasteiger partial charge in [-0.3, -0.25) is 4.79 Å². The molecule has 0 aromatic heterocycles. The first-order valence-electron chi connectivity index (χ1n) is 6.25. The van der Waals surface area contributed by atoms with Gasteiger partial charge in [-0.15, -0.1) is 0 Å². The van der Waals surface area contributed by atoms with E-state index in [1.807, 2.05) is 0 Å². The van der Waals surface area contributed by atoms with Crippen LogP contribution in [-0.2, 0) is 6.42 Å². The minimum Gasteiger partial charge on any atom is -0.493 e. The summed E-state index contributed by atoms with van der Waals surface area (Å²) in [4.78, 5) is 12.5. The highest BCUT2D eigenvalue weighted by Gasteiger charge is 2.17. The van der Waals surface area contributed by atoms with Gasteiger partial charge in [0.25, 0.3) is 0 Å². The molecule has 0 aliphatic carbocycles. The number of halogens is 2. The topological polar surface area (TPSA) is 35.5 Å². The Balaban J connectivity index is 2.35. The lowest BCUT2D eigenvalue weighted by atomic mass is 10.0. The molecule has 0 N–H and O–H groups in total. The van der Waals surface area contributed by atoms with E-state index in [1.54, 1.807) is 36.4 Å². The van der Waals surface area contributed by atoms with E-state index < -0.39 is 0 Å². The number of hydrogen-bond donors (Lipinski definition) is 0. The maximum Gasteiger partial charge on any atom is 0.171 e. The summed E-state index contributed by atoms with van der Waals surface area (Å²) in [5, 5.41) is 1.05. The molecule has 0 fully saturated rings. The van der Waals surface area contributed by atoms with Crippen LogP contribution >= 0.6 is 23.2 Å². The highest BCUT2D eigenvalue weighted by Crippen LogP contribution is 2.32. The van der Waals surface area contributed by atoms with Crippen LogP contribution in [0.25, 0.3) is 0 Å². The van der Waals surface area contributed by atoms with E-state index in [1.165, 1.54) is 14.2 Å². The molecule has 0 bridgehead atoms. The van der Waals surface area contributed by atoms with E-state index in [4.69, 9.17) is 32.7 Å². The van der Waals surface area contributed by atoms with Gasteiger partial charge in [-0.2, -0.15) is 0 Å². The van der Waals surface area contributed by atoms with Crippen LogP contribution in [0, 0.1) is 0 Å². The molecule has 0 saturated carbocycles. The minimum absolute atomic E-state index is 0.116. The third kappa shape index (κ3) is 3.49. The zero-order chi connectivity index (χ0) is 15.4. The molecule has 0 atom stereocenters. The number of methoxy groups -OCH3 is 2. The summed E-state index contributed by atoms with van der Waals surface area (Å²) >= 11 is 12.0. The van der Waals surface area contributed by atoms with Crippen molar-refractivity contribution < 1.29 is 14.3 Å². The van der Waals surface area contributed by atoms with Crippen molar-refractivity contribution in [1.29, 1.82) is 0 Å². The molecule has 2 aromatic carbocycles. The van der Waals surface area contributed by atoms with Gasteiger partial charge in [0.15, 0.2) is 17.3 Å². The van der Waals surface area contributed by atoms with E-state index in [-0.39, 0.29) is 12.2 Å². The Morgan fingerprint density at radius 3 is 2.52 bits per heavy atom. The number of benzene rings is 2. The number of ketones is 1. The molecule has 0 heterocycles. The third-order valence-electron chi connectivity index (χ3n) is 3.06. The van der Waals surface area contributed by atoms with E-state index in [2.05, 4.69) is 0 Å². The van der Waals surface area contributed by atoms with Gasteiger partial charge in [0.2, 0.25) is 0 Å². The van der Waals surface area contributed by atoms with Gasteiger partial charge >= 0.3 is 0 Å². The lowest BCUT2D eigenvalue weighted by molar-refractivity contribution is 0.0989. The Kier molecular flexibility index (Phi) is 5.10. The molecule has 0 aliphatic rings. The zero-order valence-electron chi connectivity index (χ0n) is 11.7. The summed E-state index contributed by atoms with van der Waals surface area (Å²) in [6.45, 7) is 0. The molecule has 2 aromatic rings. The standard InChI is InChI=1S/C16H14Cl2O3/c1-20-15-5-3-4-12(16(15)21-2)14(19)9-10-8-11(17)6-7-13(10)18/h3-8H,9H2,1-2H3. The molecule has 110 valence electrons. The van der Waals surface area contributed by atoms with Crippen LogP contribution in [0.5, 0.6) is 11.5 Å². The molecule has 0 aliphatic heterocycles. The van der Waals surface area contributed by atoms with Crippen LogP contribution in [0.3, 0.4) is 0 Å². The summed E-state index contributed by atoms with van der Waals surface area (Å²) < 4.78 is 10.5. The molecule has 0 spiro atoms. The number of hydrogen-bond acceptors (Lipinski definition) is 3. The molecule has 3 nitrogen and oxygen atoms in total. The molecule has 0 unspecified atom stereocenters. The van der Waals surface area contributed by atoms with Gasteiger partial charge in [-0.25, -0.2) is 0 Å². The average molecular weight is 325 g/mol. The van der Waals surface area contributed by atoms with Crippen LogP contribution in [-0.4, -0.2) is 20.0 Å². The number of rotatable bonds is 5. The number of carbonyl (C=O) groups is 1. The van der Waals surface area contributed by atoms with E-state index in [0.29, 0.717) is 32.7 Å². The fraction of sp³-hybridized carbons (Fsp3) is 0.188. The summed E-state index contributed by atoms with van der Waals surface area (Å²) in [6.07, 6.45) is 0.142. The van der Waals surface area contributed by atoms with Gasteiger partial charge in [0, 0.05) is 16.5 Å². The van der Waals surface area contributed by atoms with E-state index in [9.17, 15) is 4.79 Å². The Bertz CT molecular complexity index is 669. The van der Waals surface area contributed by atoms with Crippen molar-refractivity contribution in [3.63, 3.8) is 0 Å². The highest BCUT2D eigenvalue weighted by molar-refractivity contribution is 6.33. The Hall–Kier alpha value is -1.71. The smallest absolute Gasteiger partial charge is 0.171 e. The largest absolute Gasteiger partial charge is 0.493 e. The second-order valence-electron chi connectivity index (χ2n) is 4.38. The quantitative estimate of drug-likeness (QED) is 0.763. The predicted octanol–water partition coefficient (Wildman–Crippen LogP) is 4.44. The molecule has 2 rings (SSSR count). The summed E-state index contributed by atoms with van der Waals surface area (Å²) in [7, 11) is 3.03. The normalized spacial score (nSPS) is 10.3. The molecule has 0 saturated heterocycles. The Morgan fingerprint density at radius 1 is 1.10 bits per heavy atom. The van der Waals surface area contributed by atoms with Crippen LogP contribution < -0.4 is 9.47 Å². The van der Waals surface area contributed by atoms with Crippen LogP contribution in [0.15, 0.2) is 36.4 Å². The Labute approximate surface area is 133 Å². The number of Topliss-reactive ketones (excluding diaryl/α,β-unsaturated/α-hetero) is 1. The van der Waals surface area contributed by atoms with Crippen molar-refractivity contribution in [3.05, 3.63) is 57.6 Å². The minimum atomic E-state index is -0.116. The maximum absolute atomic E-state index is 12.5. The van der Waals surface area contributed by atoms with Gasteiger partial charge in [-0.05, 0) is 35.9 Å². The van der Waals surface area contributed by atoms with Gasteiger partial charge in [0.1, 0.15) is 0 Å². The molecular weight excluding hydrogens is 311 g/mol. The average Bonchev–Trinajstić information content (AvgIpc) is 2.49. The molecule has 0 radical (unpaired) electrons. The first-order valence-corrected chi connectivity index (χ1v) is 7.00. The van der Waals surface area contributed by atoms with Crippen LogP contribution in [0.4, 0.5) is 0 Å². The number of ether oxygens (including phenoxy) is 2. The molecule has 5 heteroatoms. The van der Waals surface area contributed by atoms with E-state index in [0.717, 1.165) is 0 Å². The Morgan fingerprint density at radius 2 is 1.86 bits per heavy atom. The van der Waals surface area contributed by atoms with Crippen molar-refractivity contribution in [2.45, 2.75) is 6.42 Å². The van der Waals surface area contributed by atoms with Crippen LogP contribution in [0.2, 0.25) is 10.0 Å². The third-order valence-corrected chi connectivity index (χ3v) is 3.67. The summed E-state index contributed by atoms with van der Waals surface area (Å²) in [5.74, 6) is 0.818. The van der Waals surface area contributed by atoms with Gasteiger partial charge < -0.3 is 9.47 Å². The summed E-state index contributed by atoms with van der Waals surface area (Å²) in [5.41, 5.74) is 1.13. The van der Waals surface area contributed by atoms with Crippen molar-refractivity contribution >= 4 is 29.0 Å². The second kappa shape index (κ2) is 6.83. The second-order valence-corrected chi connectivity index (χ2v) is 5.22. The lowest BCUT2D eigenvalue weighted by Crippen LogP contribution is -2.07. The first-order chi connectivity index (χ1) is 10.1. The molecule has 21 heavy (non-hydrogen) atoms. The van der Waals surface area contributed by atoms with E-state index >= 15 is 0 Å². The SMILES string of the molecule is COc1cccc(C(=O)Cc2cc(Cl)ccc2Cl)c1OC. The molecule has 0 amide bonds. The number of carbonyl (C=O) groups excluding carboxylic acids is 1. The van der Waals surface area contributed by atoms with Crippen molar-refractivity contribution in [3.8, 4) is 11.5 Å². The van der Waals surface area contributed by atoms with Gasteiger partial charge in [-0.1, -0.05) is 29.3 Å². The monoisotopic (exact) mass is 324 g/mol. The van der Waals surface area contributed by atoms with Crippen molar-refractivity contribution in [2.75, 3.05) is 14.2 Å². The number of para-hydroxylation sites is 1. The molecular formula is C16H14Cl2O3. The first kappa shape index (κ1) is 15.7. The fourth-order valence-electron chi connectivity index (χ4n) is 2.05. The predicted molar refractivity (Wildman–Crippen MR) is 84.0 cm³/mol. The zero-order valence-corrected chi connectivity index (χ0v) is 13.2. The summed E-state index contributed by atoms with van der Waals surface area (Å²) in [6, 6.07) is 10.2. The van der Waals surface area contributed by atoms with Crippen molar-refractivity contribution in [1.82, 2.24) is 0 Å². The maximum atomic E-state index is 12.5. The highest BCUT2D eigenvalue weighted by atomic mass is 35.5. The fourth-order valence-corrected chi connectivity index (χ4v) is 2.43. The lowest BCUT2D eigenvalue weighted by Gasteiger charge is -2.12.